The Hall–Kier alpha value is -2.93. The van der Waals surface area contributed by atoms with Crippen molar-refractivity contribution in [3.05, 3.63) is 53.6 Å². The number of benzene rings is 2. The number of aromatic nitrogens is 2. The first kappa shape index (κ1) is 16.9. The van der Waals surface area contributed by atoms with Gasteiger partial charge in [-0.15, -0.1) is 10.2 Å². The summed E-state index contributed by atoms with van der Waals surface area (Å²) in [7, 11) is 3.18. The van der Waals surface area contributed by atoms with Gasteiger partial charge >= 0.3 is 0 Å². The number of ether oxygens (including phenoxy) is 2. The number of carbonyl (C=O) groups excluding carboxylic acids is 1. The molecular weight excluding hydrogens is 338 g/mol. The Morgan fingerprint density at radius 2 is 1.92 bits per heavy atom. The Bertz CT molecular complexity index is 908. The third kappa shape index (κ3) is 3.77. The van der Waals surface area contributed by atoms with Gasteiger partial charge in [0.05, 0.1) is 19.8 Å². The summed E-state index contributed by atoms with van der Waals surface area (Å²) in [6, 6.07) is 12.8. The van der Waals surface area contributed by atoms with E-state index < -0.39 is 0 Å². The van der Waals surface area contributed by atoms with Gasteiger partial charge in [-0.25, -0.2) is 0 Å². The van der Waals surface area contributed by atoms with Crippen LogP contribution < -0.4 is 14.8 Å². The van der Waals surface area contributed by atoms with Crippen LogP contribution in [0.4, 0.5) is 5.13 Å². The molecule has 0 radical (unpaired) electrons. The molecule has 1 heterocycles. The lowest BCUT2D eigenvalue weighted by Crippen LogP contribution is -2.11. The van der Waals surface area contributed by atoms with Gasteiger partial charge in [0.25, 0.3) is 5.91 Å². The molecule has 0 spiro atoms. The van der Waals surface area contributed by atoms with Crippen LogP contribution >= 0.6 is 11.3 Å². The third-order valence-corrected chi connectivity index (χ3v) is 4.44. The maximum atomic E-state index is 12.3. The van der Waals surface area contributed by atoms with Gasteiger partial charge in [0.15, 0.2) is 5.01 Å². The molecule has 25 heavy (non-hydrogen) atoms. The van der Waals surface area contributed by atoms with Crippen LogP contribution in [0.2, 0.25) is 0 Å². The predicted octanol–water partition coefficient (Wildman–Crippen LogP) is 3.78. The summed E-state index contributed by atoms with van der Waals surface area (Å²) in [5.74, 6) is 1.11. The molecule has 3 rings (SSSR count). The quantitative estimate of drug-likeness (QED) is 0.754. The van der Waals surface area contributed by atoms with Crippen molar-refractivity contribution in [2.75, 3.05) is 19.5 Å². The van der Waals surface area contributed by atoms with Gasteiger partial charge in [-0.05, 0) is 31.2 Å². The first-order valence-electron chi connectivity index (χ1n) is 7.54. The highest BCUT2D eigenvalue weighted by atomic mass is 32.1. The highest BCUT2D eigenvalue weighted by molar-refractivity contribution is 7.18. The van der Waals surface area contributed by atoms with Crippen LogP contribution in [0.25, 0.3) is 10.6 Å². The number of nitrogens with one attached hydrogen (secondary N) is 1. The van der Waals surface area contributed by atoms with Crippen molar-refractivity contribution in [1.29, 1.82) is 0 Å². The fourth-order valence-corrected chi connectivity index (χ4v) is 3.08. The van der Waals surface area contributed by atoms with Crippen molar-refractivity contribution in [1.82, 2.24) is 10.2 Å². The van der Waals surface area contributed by atoms with Gasteiger partial charge in [0.1, 0.15) is 11.5 Å². The molecule has 1 amide bonds. The highest BCUT2D eigenvalue weighted by Crippen LogP contribution is 2.36. The third-order valence-electron chi connectivity index (χ3n) is 3.56. The van der Waals surface area contributed by atoms with E-state index in [-0.39, 0.29) is 5.91 Å². The zero-order valence-corrected chi connectivity index (χ0v) is 14.9. The van der Waals surface area contributed by atoms with Crippen LogP contribution in [0.15, 0.2) is 42.5 Å². The van der Waals surface area contributed by atoms with Crippen molar-refractivity contribution >= 4 is 22.4 Å². The Kier molecular flexibility index (Phi) is 4.95. The number of hydrogen-bond donors (Lipinski definition) is 1. The van der Waals surface area contributed by atoms with Crippen LogP contribution in [0, 0.1) is 6.92 Å². The summed E-state index contributed by atoms with van der Waals surface area (Å²) in [5.41, 5.74) is 2.39. The molecule has 6 nitrogen and oxygen atoms in total. The summed E-state index contributed by atoms with van der Waals surface area (Å²) < 4.78 is 10.6. The van der Waals surface area contributed by atoms with E-state index in [4.69, 9.17) is 9.47 Å². The molecule has 128 valence electrons. The average Bonchev–Trinajstić information content (AvgIpc) is 3.09. The zero-order chi connectivity index (χ0) is 17.8. The molecule has 0 aliphatic carbocycles. The van der Waals surface area contributed by atoms with Crippen LogP contribution in [0.1, 0.15) is 15.9 Å². The van der Waals surface area contributed by atoms with Crippen LogP contribution in [0.5, 0.6) is 11.5 Å². The molecule has 0 aliphatic rings. The lowest BCUT2D eigenvalue weighted by Gasteiger charge is -2.07. The lowest BCUT2D eigenvalue weighted by molar-refractivity contribution is 0.102. The molecule has 2 aromatic carbocycles. The summed E-state index contributed by atoms with van der Waals surface area (Å²) in [4.78, 5) is 12.3. The van der Waals surface area contributed by atoms with Crippen LogP contribution in [-0.2, 0) is 0 Å². The number of amides is 1. The maximum Gasteiger partial charge on any atom is 0.257 e. The summed E-state index contributed by atoms with van der Waals surface area (Å²) in [6.07, 6.45) is 0. The molecule has 0 atom stereocenters. The van der Waals surface area contributed by atoms with E-state index in [1.807, 2.05) is 37.3 Å². The van der Waals surface area contributed by atoms with Crippen LogP contribution in [-0.4, -0.2) is 30.3 Å². The summed E-state index contributed by atoms with van der Waals surface area (Å²) in [5, 5.41) is 12.1. The molecule has 0 saturated heterocycles. The van der Waals surface area contributed by atoms with E-state index in [2.05, 4.69) is 15.5 Å². The van der Waals surface area contributed by atoms with E-state index in [0.29, 0.717) is 27.2 Å². The lowest BCUT2D eigenvalue weighted by atomic mass is 10.1. The van der Waals surface area contributed by atoms with Crippen molar-refractivity contribution < 1.29 is 14.3 Å². The molecule has 0 bridgehead atoms. The predicted molar refractivity (Wildman–Crippen MR) is 97.6 cm³/mol. The second-order valence-corrected chi connectivity index (χ2v) is 6.28. The van der Waals surface area contributed by atoms with E-state index in [9.17, 15) is 4.79 Å². The van der Waals surface area contributed by atoms with Gasteiger partial charge in [0.2, 0.25) is 5.13 Å². The number of rotatable bonds is 5. The Balaban J connectivity index is 1.82. The Morgan fingerprint density at radius 3 is 2.64 bits per heavy atom. The monoisotopic (exact) mass is 355 g/mol. The normalized spacial score (nSPS) is 10.4. The molecule has 7 heteroatoms. The zero-order valence-electron chi connectivity index (χ0n) is 14.1. The van der Waals surface area contributed by atoms with Crippen molar-refractivity contribution in [3.8, 4) is 22.1 Å². The van der Waals surface area contributed by atoms with Gasteiger partial charge in [0, 0.05) is 11.6 Å². The van der Waals surface area contributed by atoms with Gasteiger partial charge in [-0.1, -0.05) is 29.0 Å². The Labute approximate surface area is 149 Å². The number of aryl methyl sites for hydroxylation is 1. The summed E-state index contributed by atoms with van der Waals surface area (Å²) >= 11 is 1.28. The smallest absolute Gasteiger partial charge is 0.257 e. The minimum atomic E-state index is -0.215. The molecule has 0 unspecified atom stereocenters. The summed E-state index contributed by atoms with van der Waals surface area (Å²) in [6.45, 7) is 1.94. The van der Waals surface area contributed by atoms with E-state index >= 15 is 0 Å². The van der Waals surface area contributed by atoms with Gasteiger partial charge in [-0.2, -0.15) is 0 Å². The molecule has 1 N–H and O–H groups in total. The second kappa shape index (κ2) is 7.31. The minimum absolute atomic E-state index is 0.215. The number of nitrogens with zero attached hydrogens (tertiary/aromatic N) is 2. The second-order valence-electron chi connectivity index (χ2n) is 5.30. The largest absolute Gasteiger partial charge is 0.497 e. The van der Waals surface area contributed by atoms with E-state index in [1.54, 1.807) is 26.4 Å². The number of methoxy groups -OCH3 is 2. The standard InChI is InChI=1S/C18H17N3O3S/c1-11-5-4-6-12(9-11)16(22)19-18-21-20-17(25-18)14-8-7-13(23-2)10-15(14)24-3/h4-10H,1-3H3,(H,19,21,22). The fraction of sp³-hybridized carbons (Fsp3) is 0.167. The first-order valence-corrected chi connectivity index (χ1v) is 8.36. The molecule has 3 aromatic rings. The SMILES string of the molecule is COc1ccc(-c2nnc(NC(=O)c3cccc(C)c3)s2)c(OC)c1. The highest BCUT2D eigenvalue weighted by Gasteiger charge is 2.15. The van der Waals surface area contributed by atoms with Crippen molar-refractivity contribution in [2.24, 2.45) is 0 Å². The number of carbonyl (C=O) groups is 1. The van der Waals surface area contributed by atoms with Gasteiger partial charge in [-0.3, -0.25) is 10.1 Å². The molecule has 0 fully saturated rings. The van der Waals surface area contributed by atoms with Crippen molar-refractivity contribution in [3.63, 3.8) is 0 Å². The number of anilines is 1. The van der Waals surface area contributed by atoms with E-state index in [0.717, 1.165) is 11.1 Å². The van der Waals surface area contributed by atoms with E-state index in [1.165, 1.54) is 11.3 Å². The average molecular weight is 355 g/mol. The van der Waals surface area contributed by atoms with Gasteiger partial charge < -0.3 is 9.47 Å². The van der Waals surface area contributed by atoms with Crippen molar-refractivity contribution in [2.45, 2.75) is 6.92 Å². The minimum Gasteiger partial charge on any atom is -0.497 e. The first-order chi connectivity index (χ1) is 12.1. The molecule has 0 saturated carbocycles. The topological polar surface area (TPSA) is 73.3 Å². The maximum absolute atomic E-state index is 12.3. The molecule has 0 aliphatic heterocycles. The Morgan fingerprint density at radius 1 is 1.08 bits per heavy atom. The molecule has 1 aromatic heterocycles. The van der Waals surface area contributed by atoms with Crippen LogP contribution in [0.3, 0.4) is 0 Å². The number of hydrogen-bond acceptors (Lipinski definition) is 6. The fourth-order valence-electron chi connectivity index (χ4n) is 2.31. The molecular formula is C18H17N3O3S.